The number of hydrogen-bond donors (Lipinski definition) is 0. The summed E-state index contributed by atoms with van der Waals surface area (Å²) in [5, 5.41) is 5.22. The Balaban J connectivity index is 1.64. The normalized spacial score (nSPS) is 22.3. The van der Waals surface area contributed by atoms with E-state index >= 15 is 0 Å². The van der Waals surface area contributed by atoms with Gasteiger partial charge >= 0.3 is 0 Å². The van der Waals surface area contributed by atoms with E-state index in [2.05, 4.69) is 28.1 Å². The Morgan fingerprint density at radius 3 is 3.05 bits per heavy atom. The van der Waals surface area contributed by atoms with Gasteiger partial charge in [-0.05, 0) is 44.9 Å². The number of nitrogens with zero attached hydrogens (tertiary/aromatic N) is 3. The van der Waals surface area contributed by atoms with Gasteiger partial charge in [0.15, 0.2) is 0 Å². The molecule has 2 atom stereocenters. The summed E-state index contributed by atoms with van der Waals surface area (Å²) in [7, 11) is 0. The second-order valence-corrected chi connectivity index (χ2v) is 7.01. The Hall–Kier alpha value is -1.79. The van der Waals surface area contributed by atoms with Crippen LogP contribution in [-0.4, -0.2) is 27.8 Å². The predicted octanol–water partition coefficient (Wildman–Crippen LogP) is 3.94. The van der Waals surface area contributed by atoms with E-state index in [-0.39, 0.29) is 6.10 Å². The van der Waals surface area contributed by atoms with Crippen LogP contribution < -0.4 is 0 Å². The molecule has 1 aliphatic rings. The van der Waals surface area contributed by atoms with E-state index in [0.29, 0.717) is 11.7 Å². The Morgan fingerprint density at radius 1 is 1.27 bits per heavy atom. The summed E-state index contributed by atoms with van der Waals surface area (Å²) >= 11 is 1.68. The molecule has 0 bridgehead atoms. The molecule has 0 amide bonds. The lowest BCUT2D eigenvalue weighted by atomic mass is 9.96. The lowest BCUT2D eigenvalue weighted by molar-refractivity contribution is 0.0134. The average Bonchev–Trinajstić information content (AvgIpc) is 3.11. The van der Waals surface area contributed by atoms with Crippen LogP contribution in [0.15, 0.2) is 22.7 Å². The zero-order valence-electron chi connectivity index (χ0n) is 12.6. The van der Waals surface area contributed by atoms with Gasteiger partial charge in [0.1, 0.15) is 0 Å². The molecule has 4 rings (SSSR count). The molecule has 0 aliphatic carbocycles. The van der Waals surface area contributed by atoms with Gasteiger partial charge in [-0.25, -0.2) is 4.98 Å². The van der Waals surface area contributed by atoms with E-state index in [1.165, 1.54) is 0 Å². The van der Waals surface area contributed by atoms with Crippen LogP contribution in [-0.2, 0) is 4.74 Å². The third kappa shape index (κ3) is 2.53. The topological polar surface area (TPSA) is 61.0 Å². The number of ether oxygens (including phenoxy) is 1. The van der Waals surface area contributed by atoms with Crippen molar-refractivity contribution in [1.82, 2.24) is 15.1 Å². The van der Waals surface area contributed by atoms with Crippen molar-refractivity contribution < 1.29 is 9.26 Å². The van der Waals surface area contributed by atoms with Gasteiger partial charge in [-0.3, -0.25) is 0 Å². The van der Waals surface area contributed by atoms with E-state index in [9.17, 15) is 0 Å². The van der Waals surface area contributed by atoms with E-state index in [1.54, 1.807) is 11.3 Å². The van der Waals surface area contributed by atoms with Gasteiger partial charge in [0.25, 0.3) is 0 Å². The van der Waals surface area contributed by atoms with Crippen LogP contribution in [0.1, 0.15) is 36.6 Å². The van der Waals surface area contributed by atoms with Crippen LogP contribution in [0.5, 0.6) is 0 Å². The highest BCUT2D eigenvalue weighted by molar-refractivity contribution is 7.18. The summed E-state index contributed by atoms with van der Waals surface area (Å²) in [5.41, 5.74) is 2.00. The number of aryl methyl sites for hydroxylation is 1. The minimum absolute atomic E-state index is 0.255. The fourth-order valence-corrected chi connectivity index (χ4v) is 3.79. The fraction of sp³-hybridized carbons (Fsp3) is 0.438. The maximum absolute atomic E-state index is 5.58. The molecule has 2 aromatic heterocycles. The second kappa shape index (κ2) is 5.44. The Morgan fingerprint density at radius 2 is 2.18 bits per heavy atom. The number of benzene rings is 1. The van der Waals surface area contributed by atoms with Crippen LogP contribution in [0.2, 0.25) is 0 Å². The number of aromatic nitrogens is 3. The van der Waals surface area contributed by atoms with Crippen molar-refractivity contribution in [2.75, 3.05) is 6.61 Å². The maximum atomic E-state index is 5.58. The van der Waals surface area contributed by atoms with E-state index in [4.69, 9.17) is 9.26 Å². The quantitative estimate of drug-likeness (QED) is 0.717. The molecule has 0 saturated carbocycles. The molecule has 0 unspecified atom stereocenters. The fourth-order valence-electron chi connectivity index (χ4n) is 2.92. The number of hydrogen-bond acceptors (Lipinski definition) is 6. The van der Waals surface area contributed by atoms with Crippen molar-refractivity contribution >= 4 is 21.6 Å². The Bertz CT molecular complexity index is 811. The van der Waals surface area contributed by atoms with Gasteiger partial charge < -0.3 is 9.26 Å². The highest BCUT2D eigenvalue weighted by Gasteiger charge is 2.26. The first-order valence-electron chi connectivity index (χ1n) is 7.52. The molecular weight excluding hydrogens is 298 g/mol. The average molecular weight is 315 g/mol. The lowest BCUT2D eigenvalue weighted by Gasteiger charge is -2.24. The molecule has 22 heavy (non-hydrogen) atoms. The van der Waals surface area contributed by atoms with Gasteiger partial charge in [0.05, 0.1) is 21.3 Å². The number of fused-ring (bicyclic) bond motifs is 1. The molecule has 0 N–H and O–H groups in total. The van der Waals surface area contributed by atoms with Crippen molar-refractivity contribution in [2.45, 2.75) is 38.7 Å². The standard InChI is InChI=1S/C16H17N3O2S/c1-9-7-12(5-6-20-9)16-18-15(19-21-16)11-3-4-13-14(8-11)22-10(2)17-13/h3-4,8-9,12H,5-7H2,1-2H3/t9-,12-/m1/s1. The molecule has 3 heterocycles. The van der Waals surface area contributed by atoms with Gasteiger partial charge in [-0.2, -0.15) is 4.98 Å². The molecule has 1 aromatic carbocycles. The SMILES string of the molecule is Cc1nc2ccc(-c3noc([C@@H]4CCO[C@H](C)C4)n3)cc2s1. The largest absolute Gasteiger partial charge is 0.378 e. The second-order valence-electron chi connectivity index (χ2n) is 5.77. The molecule has 3 aromatic rings. The van der Waals surface area contributed by atoms with Gasteiger partial charge in [-0.1, -0.05) is 5.16 Å². The lowest BCUT2D eigenvalue weighted by Crippen LogP contribution is -2.21. The van der Waals surface area contributed by atoms with E-state index in [0.717, 1.165) is 46.1 Å². The molecule has 1 fully saturated rings. The maximum Gasteiger partial charge on any atom is 0.230 e. The molecule has 1 saturated heterocycles. The Labute approximate surface area is 132 Å². The molecule has 0 spiro atoms. The molecule has 114 valence electrons. The van der Waals surface area contributed by atoms with Crippen molar-refractivity contribution in [3.8, 4) is 11.4 Å². The third-order valence-electron chi connectivity index (χ3n) is 4.03. The predicted molar refractivity (Wildman–Crippen MR) is 85.0 cm³/mol. The zero-order chi connectivity index (χ0) is 15.1. The summed E-state index contributed by atoms with van der Waals surface area (Å²) in [5.74, 6) is 1.69. The van der Waals surface area contributed by atoms with Crippen LogP contribution in [0.4, 0.5) is 0 Å². The van der Waals surface area contributed by atoms with Crippen LogP contribution >= 0.6 is 11.3 Å². The van der Waals surface area contributed by atoms with Crippen LogP contribution in [0.25, 0.3) is 21.6 Å². The third-order valence-corrected chi connectivity index (χ3v) is 4.96. The smallest absolute Gasteiger partial charge is 0.230 e. The number of thiazole rings is 1. The minimum atomic E-state index is 0.255. The molecule has 5 nitrogen and oxygen atoms in total. The molecule has 6 heteroatoms. The first-order valence-corrected chi connectivity index (χ1v) is 8.33. The monoisotopic (exact) mass is 315 g/mol. The van der Waals surface area contributed by atoms with Gasteiger partial charge in [-0.15, -0.1) is 11.3 Å². The highest BCUT2D eigenvalue weighted by Crippen LogP contribution is 2.31. The summed E-state index contributed by atoms with van der Waals surface area (Å²) in [6.07, 6.45) is 2.14. The van der Waals surface area contributed by atoms with E-state index in [1.807, 2.05) is 19.1 Å². The first kappa shape index (κ1) is 13.8. The summed E-state index contributed by atoms with van der Waals surface area (Å²) in [4.78, 5) is 9.08. The van der Waals surface area contributed by atoms with Crippen molar-refractivity contribution in [1.29, 1.82) is 0 Å². The molecule has 0 radical (unpaired) electrons. The summed E-state index contributed by atoms with van der Waals surface area (Å²) < 4.78 is 12.2. The van der Waals surface area contributed by atoms with Gasteiger partial charge in [0.2, 0.25) is 11.7 Å². The first-order chi connectivity index (χ1) is 10.7. The van der Waals surface area contributed by atoms with Crippen molar-refractivity contribution in [3.63, 3.8) is 0 Å². The molecular formula is C16H17N3O2S. The van der Waals surface area contributed by atoms with Crippen molar-refractivity contribution in [3.05, 3.63) is 29.1 Å². The van der Waals surface area contributed by atoms with Gasteiger partial charge in [0, 0.05) is 18.1 Å². The summed E-state index contributed by atoms with van der Waals surface area (Å²) in [6, 6.07) is 6.10. The Kier molecular flexibility index (Phi) is 3.43. The number of rotatable bonds is 2. The highest BCUT2D eigenvalue weighted by atomic mass is 32.1. The zero-order valence-corrected chi connectivity index (χ0v) is 13.4. The van der Waals surface area contributed by atoms with Crippen LogP contribution in [0.3, 0.4) is 0 Å². The summed E-state index contributed by atoms with van der Waals surface area (Å²) in [6.45, 7) is 4.86. The minimum Gasteiger partial charge on any atom is -0.378 e. The van der Waals surface area contributed by atoms with E-state index < -0.39 is 0 Å². The molecule has 1 aliphatic heterocycles. The van der Waals surface area contributed by atoms with Crippen molar-refractivity contribution in [2.24, 2.45) is 0 Å². The van der Waals surface area contributed by atoms with Crippen LogP contribution in [0, 0.1) is 6.92 Å².